The van der Waals surface area contributed by atoms with Gasteiger partial charge in [-0.05, 0) is 44.7 Å². The van der Waals surface area contributed by atoms with E-state index in [4.69, 9.17) is 0 Å². The van der Waals surface area contributed by atoms with E-state index in [1.165, 1.54) is 0 Å². The lowest BCUT2D eigenvalue weighted by molar-refractivity contribution is 0.0951. The van der Waals surface area contributed by atoms with Crippen LogP contribution >= 0.6 is 12.4 Å². The first-order valence-electron chi connectivity index (χ1n) is 8.53. The van der Waals surface area contributed by atoms with E-state index in [9.17, 15) is 13.2 Å². The fourth-order valence-electron chi connectivity index (χ4n) is 2.45. The molecule has 6 nitrogen and oxygen atoms in total. The highest BCUT2D eigenvalue weighted by molar-refractivity contribution is 7.92. The van der Waals surface area contributed by atoms with Crippen molar-refractivity contribution in [1.82, 2.24) is 10.6 Å². The van der Waals surface area contributed by atoms with Gasteiger partial charge in [-0.3, -0.25) is 9.52 Å². The monoisotopic (exact) mass is 411 g/mol. The molecule has 0 aliphatic rings. The van der Waals surface area contributed by atoms with Gasteiger partial charge in [0.15, 0.2) is 0 Å². The smallest absolute Gasteiger partial charge is 0.261 e. The third kappa shape index (κ3) is 6.53. The molecule has 2 rings (SSSR count). The van der Waals surface area contributed by atoms with E-state index >= 15 is 0 Å². The molecule has 2 aromatic rings. The Bertz CT molecular complexity index is 855. The van der Waals surface area contributed by atoms with Crippen molar-refractivity contribution in [3.8, 4) is 0 Å². The number of para-hydroxylation sites is 1. The summed E-state index contributed by atoms with van der Waals surface area (Å²) in [4.78, 5) is 12.6. The van der Waals surface area contributed by atoms with Crippen LogP contribution in [0.2, 0.25) is 0 Å². The van der Waals surface area contributed by atoms with E-state index in [0.717, 1.165) is 12.1 Å². The number of sulfonamides is 1. The van der Waals surface area contributed by atoms with Crippen LogP contribution in [0, 0.1) is 6.92 Å². The molecular weight excluding hydrogens is 386 g/mol. The molecule has 0 spiro atoms. The average molecular weight is 412 g/mol. The van der Waals surface area contributed by atoms with E-state index in [1.807, 2.05) is 20.8 Å². The van der Waals surface area contributed by atoms with Gasteiger partial charge in [0.2, 0.25) is 0 Å². The topological polar surface area (TPSA) is 87.3 Å². The number of hydrogen-bond acceptors (Lipinski definition) is 4. The van der Waals surface area contributed by atoms with Crippen molar-refractivity contribution in [2.75, 3.05) is 17.8 Å². The van der Waals surface area contributed by atoms with Crippen LogP contribution in [0.15, 0.2) is 53.4 Å². The lowest BCUT2D eigenvalue weighted by atomic mass is 10.1. The van der Waals surface area contributed by atoms with Crippen molar-refractivity contribution in [2.24, 2.45) is 0 Å². The molecule has 0 radical (unpaired) electrons. The highest BCUT2D eigenvalue weighted by Gasteiger charge is 2.18. The van der Waals surface area contributed by atoms with Gasteiger partial charge in [-0.2, -0.15) is 0 Å². The van der Waals surface area contributed by atoms with Crippen LogP contribution in [-0.2, 0) is 10.0 Å². The maximum atomic E-state index is 12.6. The number of halogens is 1. The quantitative estimate of drug-likeness (QED) is 0.623. The number of nitrogens with one attached hydrogen (secondary N) is 3. The van der Waals surface area contributed by atoms with Crippen LogP contribution in [0.1, 0.15) is 29.8 Å². The van der Waals surface area contributed by atoms with Crippen molar-refractivity contribution in [1.29, 1.82) is 0 Å². The number of rotatable bonds is 8. The second-order valence-electron chi connectivity index (χ2n) is 6.13. The molecule has 0 saturated carbocycles. The van der Waals surface area contributed by atoms with Crippen molar-refractivity contribution in [3.05, 3.63) is 59.7 Å². The maximum Gasteiger partial charge on any atom is 0.261 e. The first kappa shape index (κ1) is 23.0. The number of amides is 1. The largest absolute Gasteiger partial charge is 0.350 e. The minimum atomic E-state index is -3.77. The Morgan fingerprint density at radius 2 is 1.70 bits per heavy atom. The Morgan fingerprint density at radius 3 is 2.33 bits per heavy atom. The minimum Gasteiger partial charge on any atom is -0.350 e. The van der Waals surface area contributed by atoms with Gasteiger partial charge in [-0.15, -0.1) is 12.4 Å². The fourth-order valence-corrected chi connectivity index (χ4v) is 3.53. The second-order valence-corrected chi connectivity index (χ2v) is 7.82. The number of anilines is 1. The number of hydrogen-bond donors (Lipinski definition) is 3. The summed E-state index contributed by atoms with van der Waals surface area (Å²) in [5.74, 6) is -0.322. The molecular formula is C19H26ClN3O3S. The van der Waals surface area contributed by atoms with Gasteiger partial charge < -0.3 is 10.6 Å². The number of aryl methyl sites for hydroxylation is 1. The van der Waals surface area contributed by atoms with E-state index in [1.54, 1.807) is 48.5 Å². The summed E-state index contributed by atoms with van der Waals surface area (Å²) in [5, 5.41) is 6.03. The Balaban J connectivity index is 0.00000364. The minimum absolute atomic E-state index is 0. The summed E-state index contributed by atoms with van der Waals surface area (Å²) in [5.41, 5.74) is 1.51. The summed E-state index contributed by atoms with van der Waals surface area (Å²) in [7, 11) is -3.77. The zero-order chi connectivity index (χ0) is 19.2. The van der Waals surface area contributed by atoms with Crippen molar-refractivity contribution in [2.45, 2.75) is 31.7 Å². The highest BCUT2D eigenvalue weighted by Crippen LogP contribution is 2.20. The lowest BCUT2D eigenvalue weighted by Gasteiger charge is -2.15. The molecule has 3 N–H and O–H groups in total. The summed E-state index contributed by atoms with van der Waals surface area (Å²) in [6.45, 7) is 7.11. The molecule has 0 aliphatic carbocycles. The van der Waals surface area contributed by atoms with Gasteiger partial charge in [0.25, 0.3) is 15.9 Å². The standard InChI is InChI=1S/C19H25N3O3S.ClH/c1-4-20-15(3)13-21-19(23)17-7-5-6-8-18(17)22-26(24,25)16-11-9-14(2)10-12-16;/h5-12,15,20,22H,4,13H2,1-3H3,(H,21,23);1H/t15-;/m1./s1. The van der Waals surface area contributed by atoms with Crippen LogP contribution in [0.5, 0.6) is 0 Å². The van der Waals surface area contributed by atoms with Crippen LogP contribution in [0.4, 0.5) is 5.69 Å². The first-order valence-corrected chi connectivity index (χ1v) is 10.0. The van der Waals surface area contributed by atoms with Gasteiger partial charge in [-0.25, -0.2) is 8.42 Å². The molecule has 27 heavy (non-hydrogen) atoms. The Kier molecular flexibility index (Phi) is 8.75. The van der Waals surface area contributed by atoms with Gasteiger partial charge in [-0.1, -0.05) is 36.8 Å². The number of likely N-dealkylation sites (N-methyl/N-ethyl adjacent to an activating group) is 1. The molecule has 0 unspecified atom stereocenters. The maximum absolute atomic E-state index is 12.6. The lowest BCUT2D eigenvalue weighted by Crippen LogP contribution is -2.39. The molecule has 0 aliphatic heterocycles. The molecule has 8 heteroatoms. The van der Waals surface area contributed by atoms with Crippen molar-refractivity contribution in [3.63, 3.8) is 0 Å². The molecule has 0 aromatic heterocycles. The third-order valence-corrected chi connectivity index (χ3v) is 5.25. The van der Waals surface area contributed by atoms with E-state index < -0.39 is 10.0 Å². The molecule has 148 valence electrons. The molecule has 0 saturated heterocycles. The van der Waals surface area contributed by atoms with Gasteiger partial charge in [0.1, 0.15) is 0 Å². The molecule has 1 amide bonds. The van der Waals surface area contributed by atoms with Crippen LogP contribution in [-0.4, -0.2) is 33.5 Å². The summed E-state index contributed by atoms with van der Waals surface area (Å²) < 4.78 is 27.7. The van der Waals surface area contributed by atoms with Crippen molar-refractivity contribution < 1.29 is 13.2 Å². The summed E-state index contributed by atoms with van der Waals surface area (Å²) in [6, 6.07) is 13.2. The van der Waals surface area contributed by atoms with E-state index in [2.05, 4.69) is 15.4 Å². The Labute approximate surface area is 167 Å². The number of carbonyl (C=O) groups is 1. The Morgan fingerprint density at radius 1 is 1.07 bits per heavy atom. The van der Waals surface area contributed by atoms with Crippen molar-refractivity contribution >= 4 is 34.0 Å². The number of benzene rings is 2. The first-order chi connectivity index (χ1) is 12.3. The van der Waals surface area contributed by atoms with Crippen LogP contribution in [0.3, 0.4) is 0 Å². The molecule has 0 bridgehead atoms. The van der Waals surface area contributed by atoms with Gasteiger partial charge in [0, 0.05) is 12.6 Å². The van der Waals surface area contributed by atoms with Gasteiger partial charge >= 0.3 is 0 Å². The van der Waals surface area contributed by atoms with Crippen LogP contribution < -0.4 is 15.4 Å². The van der Waals surface area contributed by atoms with Gasteiger partial charge in [0.05, 0.1) is 16.1 Å². The predicted octanol–water partition coefficient (Wildman–Crippen LogP) is 2.95. The molecule has 2 aromatic carbocycles. The van der Waals surface area contributed by atoms with E-state index in [0.29, 0.717) is 6.54 Å². The fraction of sp³-hybridized carbons (Fsp3) is 0.316. The predicted molar refractivity (Wildman–Crippen MR) is 111 cm³/mol. The summed E-state index contributed by atoms with van der Waals surface area (Å²) in [6.07, 6.45) is 0. The normalized spacial score (nSPS) is 12.0. The average Bonchev–Trinajstić information content (AvgIpc) is 2.60. The third-order valence-electron chi connectivity index (χ3n) is 3.87. The second kappa shape index (κ2) is 10.3. The summed E-state index contributed by atoms with van der Waals surface area (Å²) >= 11 is 0. The molecule has 0 fully saturated rings. The van der Waals surface area contributed by atoms with Crippen LogP contribution in [0.25, 0.3) is 0 Å². The highest BCUT2D eigenvalue weighted by atomic mass is 35.5. The molecule has 1 atom stereocenters. The van der Waals surface area contributed by atoms with E-state index in [-0.39, 0.29) is 40.5 Å². The number of carbonyl (C=O) groups excluding carboxylic acids is 1. The molecule has 0 heterocycles. The Hall–Kier alpha value is -2.09. The zero-order valence-electron chi connectivity index (χ0n) is 15.7. The SMILES string of the molecule is CCN[C@H](C)CNC(=O)c1ccccc1NS(=O)(=O)c1ccc(C)cc1.Cl. The zero-order valence-corrected chi connectivity index (χ0v) is 17.3.